The third-order valence-corrected chi connectivity index (χ3v) is 3.81. The Kier molecular flexibility index (Phi) is 4.13. The van der Waals surface area contributed by atoms with E-state index in [0.717, 1.165) is 4.90 Å². The average Bonchev–Trinajstić information content (AvgIpc) is 2.35. The lowest BCUT2D eigenvalue weighted by molar-refractivity contribution is 0.590. The summed E-state index contributed by atoms with van der Waals surface area (Å²) in [6.45, 7) is 6.60. The van der Waals surface area contributed by atoms with Gasteiger partial charge in [-0.2, -0.15) is 15.0 Å². The molecule has 1 aromatic carbocycles. The van der Waals surface area contributed by atoms with Crippen molar-refractivity contribution >= 4 is 23.7 Å². The number of nitrogen functional groups attached to an aromatic ring is 2. The summed E-state index contributed by atoms with van der Waals surface area (Å²) in [5, 5.41) is 0. The number of thioether (sulfide) groups is 1. The van der Waals surface area contributed by atoms with Crippen molar-refractivity contribution < 1.29 is 0 Å². The van der Waals surface area contributed by atoms with Crippen molar-refractivity contribution in [1.29, 1.82) is 0 Å². The van der Waals surface area contributed by atoms with Crippen LogP contribution in [0.2, 0.25) is 0 Å². The minimum atomic E-state index is 0.163. The predicted octanol–water partition coefficient (Wildman–Crippen LogP) is 2.63. The zero-order valence-corrected chi connectivity index (χ0v) is 12.7. The zero-order chi connectivity index (χ0) is 14.8. The van der Waals surface area contributed by atoms with Crippen LogP contribution in [0.1, 0.15) is 32.2 Å². The summed E-state index contributed by atoms with van der Waals surface area (Å²) in [5.74, 6) is 1.54. The summed E-state index contributed by atoms with van der Waals surface area (Å²) in [5.41, 5.74) is 12.6. The van der Waals surface area contributed by atoms with Crippen LogP contribution in [0.15, 0.2) is 29.2 Å². The van der Waals surface area contributed by atoms with Crippen LogP contribution in [-0.2, 0) is 11.2 Å². The second kappa shape index (κ2) is 5.66. The fraction of sp³-hybridized carbons (Fsp3) is 0.357. The third-order valence-electron chi connectivity index (χ3n) is 2.80. The number of hydrogen-bond donors (Lipinski definition) is 2. The molecule has 0 aliphatic rings. The highest BCUT2D eigenvalue weighted by Crippen LogP contribution is 2.26. The van der Waals surface area contributed by atoms with Gasteiger partial charge in [-0.25, -0.2) is 0 Å². The van der Waals surface area contributed by atoms with Crippen molar-refractivity contribution in [3.8, 4) is 0 Å². The standard InChI is InChI=1S/C14H19N5S/c1-14(2,3)9-4-6-10(7-5-9)20-8-11-17-12(15)19-13(16)18-11/h4-7H,8H2,1-3H3,(H4,15,16,17,18,19). The second-order valence-corrected chi connectivity index (χ2v) is 6.58. The number of benzene rings is 1. The molecule has 0 aliphatic carbocycles. The van der Waals surface area contributed by atoms with E-state index >= 15 is 0 Å². The first-order valence-corrected chi connectivity index (χ1v) is 7.32. The van der Waals surface area contributed by atoms with Gasteiger partial charge in [0.15, 0.2) is 0 Å². The monoisotopic (exact) mass is 289 g/mol. The molecule has 0 atom stereocenters. The van der Waals surface area contributed by atoms with Gasteiger partial charge in [0, 0.05) is 4.90 Å². The molecule has 6 heteroatoms. The molecule has 0 unspecified atom stereocenters. The average molecular weight is 289 g/mol. The Labute approximate surface area is 123 Å². The van der Waals surface area contributed by atoms with Gasteiger partial charge >= 0.3 is 0 Å². The molecule has 0 spiro atoms. The molecule has 0 aliphatic heterocycles. The largest absolute Gasteiger partial charge is 0.368 e. The van der Waals surface area contributed by atoms with Gasteiger partial charge in [0.05, 0.1) is 5.75 Å². The maximum Gasteiger partial charge on any atom is 0.225 e. The molecule has 0 amide bonds. The van der Waals surface area contributed by atoms with E-state index in [0.29, 0.717) is 11.6 Å². The van der Waals surface area contributed by atoms with Gasteiger partial charge in [-0.1, -0.05) is 32.9 Å². The topological polar surface area (TPSA) is 90.7 Å². The van der Waals surface area contributed by atoms with Gasteiger partial charge in [-0.3, -0.25) is 0 Å². The van der Waals surface area contributed by atoms with E-state index in [1.807, 2.05) is 0 Å². The SMILES string of the molecule is CC(C)(C)c1ccc(SCc2nc(N)nc(N)n2)cc1. The van der Waals surface area contributed by atoms with Crippen molar-refractivity contribution in [2.45, 2.75) is 36.8 Å². The van der Waals surface area contributed by atoms with Crippen molar-refractivity contribution in [3.63, 3.8) is 0 Å². The van der Waals surface area contributed by atoms with E-state index in [9.17, 15) is 0 Å². The molecular formula is C14H19N5S. The lowest BCUT2D eigenvalue weighted by Crippen LogP contribution is -2.10. The molecule has 20 heavy (non-hydrogen) atoms. The summed E-state index contributed by atoms with van der Waals surface area (Å²) >= 11 is 1.65. The molecule has 0 radical (unpaired) electrons. The highest BCUT2D eigenvalue weighted by Gasteiger charge is 2.13. The summed E-state index contributed by atoms with van der Waals surface area (Å²) in [6.07, 6.45) is 0. The zero-order valence-electron chi connectivity index (χ0n) is 11.9. The van der Waals surface area contributed by atoms with Crippen LogP contribution in [-0.4, -0.2) is 15.0 Å². The quantitative estimate of drug-likeness (QED) is 0.844. The van der Waals surface area contributed by atoms with E-state index < -0.39 is 0 Å². The third kappa shape index (κ3) is 3.84. The highest BCUT2D eigenvalue weighted by molar-refractivity contribution is 7.98. The molecule has 0 saturated heterocycles. The molecule has 5 nitrogen and oxygen atoms in total. The number of aromatic nitrogens is 3. The van der Waals surface area contributed by atoms with Gasteiger partial charge in [-0.05, 0) is 23.1 Å². The number of rotatable bonds is 3. The molecule has 2 rings (SSSR count). The van der Waals surface area contributed by atoms with E-state index in [-0.39, 0.29) is 17.3 Å². The van der Waals surface area contributed by atoms with Gasteiger partial charge in [0.25, 0.3) is 0 Å². The van der Waals surface area contributed by atoms with E-state index in [1.54, 1.807) is 11.8 Å². The smallest absolute Gasteiger partial charge is 0.225 e. The Morgan fingerprint density at radius 2 is 1.50 bits per heavy atom. The fourth-order valence-corrected chi connectivity index (χ4v) is 2.47. The lowest BCUT2D eigenvalue weighted by Gasteiger charge is -2.19. The Balaban J connectivity index is 2.04. The maximum atomic E-state index is 5.54. The van der Waals surface area contributed by atoms with Gasteiger partial charge < -0.3 is 11.5 Å². The van der Waals surface area contributed by atoms with E-state index in [2.05, 4.69) is 60.0 Å². The molecule has 0 fully saturated rings. The number of anilines is 2. The van der Waals surface area contributed by atoms with Gasteiger partial charge in [0.1, 0.15) is 5.82 Å². The van der Waals surface area contributed by atoms with Crippen LogP contribution in [0.3, 0.4) is 0 Å². The molecule has 0 saturated carbocycles. The maximum absolute atomic E-state index is 5.54. The molecule has 1 heterocycles. The van der Waals surface area contributed by atoms with Crippen LogP contribution in [0.25, 0.3) is 0 Å². The molecule has 106 valence electrons. The van der Waals surface area contributed by atoms with Crippen molar-refractivity contribution in [1.82, 2.24) is 15.0 Å². The molecule has 1 aromatic heterocycles. The first kappa shape index (κ1) is 14.6. The first-order chi connectivity index (χ1) is 9.34. The Morgan fingerprint density at radius 3 is 2.00 bits per heavy atom. The van der Waals surface area contributed by atoms with E-state index in [1.165, 1.54) is 5.56 Å². The Hall–Kier alpha value is -1.82. The first-order valence-electron chi connectivity index (χ1n) is 6.34. The van der Waals surface area contributed by atoms with E-state index in [4.69, 9.17) is 11.5 Å². The second-order valence-electron chi connectivity index (χ2n) is 5.53. The lowest BCUT2D eigenvalue weighted by atomic mass is 9.87. The minimum absolute atomic E-state index is 0.163. The van der Waals surface area contributed by atoms with Crippen molar-refractivity contribution in [3.05, 3.63) is 35.7 Å². The van der Waals surface area contributed by atoms with Crippen LogP contribution in [0.4, 0.5) is 11.9 Å². The fourth-order valence-electron chi connectivity index (χ4n) is 1.72. The van der Waals surface area contributed by atoms with Crippen LogP contribution >= 0.6 is 11.8 Å². The van der Waals surface area contributed by atoms with Crippen molar-refractivity contribution in [2.24, 2.45) is 0 Å². The number of hydrogen-bond acceptors (Lipinski definition) is 6. The number of nitrogens with two attached hydrogens (primary N) is 2. The van der Waals surface area contributed by atoms with Crippen LogP contribution in [0, 0.1) is 0 Å². The van der Waals surface area contributed by atoms with Crippen LogP contribution in [0.5, 0.6) is 0 Å². The van der Waals surface area contributed by atoms with Crippen molar-refractivity contribution in [2.75, 3.05) is 11.5 Å². The number of nitrogens with zero attached hydrogens (tertiary/aromatic N) is 3. The summed E-state index contributed by atoms with van der Waals surface area (Å²) < 4.78 is 0. The molecule has 4 N–H and O–H groups in total. The normalized spacial score (nSPS) is 11.6. The van der Waals surface area contributed by atoms with Crippen LogP contribution < -0.4 is 11.5 Å². The molecule has 0 bridgehead atoms. The Bertz CT molecular complexity index is 569. The minimum Gasteiger partial charge on any atom is -0.368 e. The molecular weight excluding hydrogens is 270 g/mol. The predicted molar refractivity (Wildman–Crippen MR) is 83.4 cm³/mol. The molecule has 2 aromatic rings. The highest BCUT2D eigenvalue weighted by atomic mass is 32.2. The van der Waals surface area contributed by atoms with Gasteiger partial charge in [-0.15, -0.1) is 11.8 Å². The summed E-state index contributed by atoms with van der Waals surface area (Å²) in [4.78, 5) is 13.0. The summed E-state index contributed by atoms with van der Waals surface area (Å²) in [7, 11) is 0. The van der Waals surface area contributed by atoms with Gasteiger partial charge in [0.2, 0.25) is 11.9 Å². The Morgan fingerprint density at radius 1 is 0.950 bits per heavy atom. The summed E-state index contributed by atoms with van der Waals surface area (Å²) in [6, 6.07) is 8.52.